The molecule has 1 aliphatic rings. The second-order valence-corrected chi connectivity index (χ2v) is 7.41. The van der Waals surface area contributed by atoms with Gasteiger partial charge >= 0.3 is 11.8 Å². The SMILES string of the molecule is CC(C)(C)OC(=O)N1CC(COc2c(Br)cc(F)cc2[N+](=O)[O-])C1. The summed E-state index contributed by atoms with van der Waals surface area (Å²) in [6.45, 7) is 6.44. The topological polar surface area (TPSA) is 81.9 Å². The Morgan fingerprint density at radius 3 is 2.62 bits per heavy atom. The van der Waals surface area contributed by atoms with Crippen LogP contribution in [0.2, 0.25) is 0 Å². The molecule has 0 N–H and O–H groups in total. The number of halogens is 2. The van der Waals surface area contributed by atoms with Crippen molar-refractivity contribution in [1.82, 2.24) is 4.90 Å². The van der Waals surface area contributed by atoms with Gasteiger partial charge in [-0.2, -0.15) is 0 Å². The number of likely N-dealkylation sites (tertiary alicyclic amines) is 1. The molecule has 1 amide bonds. The standard InChI is InChI=1S/C15H18BrFN2O5/c1-15(2,3)24-14(20)18-6-9(7-18)8-23-13-11(16)4-10(17)5-12(13)19(21)22/h4-5,9H,6-8H2,1-3H3. The van der Waals surface area contributed by atoms with Crippen LogP contribution >= 0.6 is 15.9 Å². The minimum Gasteiger partial charge on any atom is -0.486 e. The zero-order valence-electron chi connectivity index (χ0n) is 13.5. The van der Waals surface area contributed by atoms with E-state index < -0.39 is 28.1 Å². The lowest BCUT2D eigenvalue weighted by Gasteiger charge is -2.39. The zero-order chi connectivity index (χ0) is 18.1. The first-order chi connectivity index (χ1) is 11.1. The Bertz CT molecular complexity index is 656. The van der Waals surface area contributed by atoms with Gasteiger partial charge in [-0.3, -0.25) is 10.1 Å². The molecule has 0 radical (unpaired) electrons. The summed E-state index contributed by atoms with van der Waals surface area (Å²) in [5.41, 5.74) is -0.997. The number of hydrogen-bond acceptors (Lipinski definition) is 5. The molecule has 1 aliphatic heterocycles. The summed E-state index contributed by atoms with van der Waals surface area (Å²) in [6, 6.07) is 1.92. The van der Waals surface area contributed by atoms with Crippen molar-refractivity contribution in [3.8, 4) is 5.75 Å². The van der Waals surface area contributed by atoms with Crippen molar-refractivity contribution >= 4 is 27.7 Å². The number of nitrogens with zero attached hydrogens (tertiary/aromatic N) is 2. The third-order valence-corrected chi connectivity index (χ3v) is 3.85. The molecular formula is C15H18BrFN2O5. The molecule has 1 heterocycles. The highest BCUT2D eigenvalue weighted by Gasteiger charge is 2.34. The maximum Gasteiger partial charge on any atom is 0.410 e. The van der Waals surface area contributed by atoms with Crippen molar-refractivity contribution in [2.45, 2.75) is 26.4 Å². The Balaban J connectivity index is 1.91. The Morgan fingerprint density at radius 2 is 2.08 bits per heavy atom. The van der Waals surface area contributed by atoms with E-state index in [9.17, 15) is 19.3 Å². The van der Waals surface area contributed by atoms with Crippen LogP contribution in [-0.2, 0) is 4.74 Å². The van der Waals surface area contributed by atoms with Crippen molar-refractivity contribution in [2.75, 3.05) is 19.7 Å². The van der Waals surface area contributed by atoms with Gasteiger partial charge in [0.05, 0.1) is 22.1 Å². The quantitative estimate of drug-likeness (QED) is 0.563. The smallest absolute Gasteiger partial charge is 0.410 e. The molecule has 132 valence electrons. The fraction of sp³-hybridized carbons (Fsp3) is 0.533. The fourth-order valence-electron chi connectivity index (χ4n) is 2.18. The first-order valence-corrected chi connectivity index (χ1v) is 8.10. The number of nitro groups is 1. The highest BCUT2D eigenvalue weighted by molar-refractivity contribution is 9.10. The van der Waals surface area contributed by atoms with Crippen LogP contribution in [0.4, 0.5) is 14.9 Å². The molecule has 24 heavy (non-hydrogen) atoms. The predicted octanol–water partition coefficient (Wildman–Crippen LogP) is 3.74. The third kappa shape index (κ3) is 4.56. The summed E-state index contributed by atoms with van der Waals surface area (Å²) in [5.74, 6) is -0.702. The molecule has 0 spiro atoms. The number of ether oxygens (including phenoxy) is 2. The number of nitro benzene ring substituents is 1. The Hall–Kier alpha value is -1.90. The lowest BCUT2D eigenvalue weighted by Crippen LogP contribution is -2.53. The second-order valence-electron chi connectivity index (χ2n) is 6.56. The summed E-state index contributed by atoms with van der Waals surface area (Å²) in [5, 5.41) is 11.0. The molecule has 0 atom stereocenters. The normalized spacial score (nSPS) is 15.0. The maximum atomic E-state index is 13.3. The van der Waals surface area contributed by atoms with Gasteiger partial charge in [-0.05, 0) is 42.8 Å². The van der Waals surface area contributed by atoms with E-state index in [-0.39, 0.29) is 22.7 Å². The van der Waals surface area contributed by atoms with E-state index >= 15 is 0 Å². The van der Waals surface area contributed by atoms with Gasteiger partial charge in [0.25, 0.3) is 0 Å². The lowest BCUT2D eigenvalue weighted by atomic mass is 10.0. The summed E-state index contributed by atoms with van der Waals surface area (Å²) in [7, 11) is 0. The molecule has 1 saturated heterocycles. The van der Waals surface area contributed by atoms with Crippen molar-refractivity contribution in [2.24, 2.45) is 5.92 Å². The molecule has 0 aromatic heterocycles. The highest BCUT2D eigenvalue weighted by Crippen LogP contribution is 2.36. The van der Waals surface area contributed by atoms with Crippen molar-refractivity contribution in [1.29, 1.82) is 0 Å². The molecule has 9 heteroatoms. The average Bonchev–Trinajstić information content (AvgIpc) is 2.35. The van der Waals surface area contributed by atoms with E-state index in [1.807, 2.05) is 0 Å². The molecule has 7 nitrogen and oxygen atoms in total. The van der Waals surface area contributed by atoms with E-state index in [1.54, 1.807) is 20.8 Å². The van der Waals surface area contributed by atoms with Crippen LogP contribution in [0.5, 0.6) is 5.75 Å². The van der Waals surface area contributed by atoms with E-state index in [4.69, 9.17) is 9.47 Å². The van der Waals surface area contributed by atoms with Crippen molar-refractivity contribution < 1.29 is 23.6 Å². The van der Waals surface area contributed by atoms with Crippen molar-refractivity contribution in [3.63, 3.8) is 0 Å². The summed E-state index contributed by atoms with van der Waals surface area (Å²) in [6.07, 6.45) is -0.396. The number of hydrogen-bond donors (Lipinski definition) is 0. The number of rotatable bonds is 4. The minimum absolute atomic E-state index is 0.0166. The molecule has 1 aromatic rings. The van der Waals surface area contributed by atoms with Crippen LogP contribution in [0.1, 0.15) is 20.8 Å². The summed E-state index contributed by atoms with van der Waals surface area (Å²) in [4.78, 5) is 23.7. The van der Waals surface area contributed by atoms with Crippen LogP contribution in [0.15, 0.2) is 16.6 Å². The fourth-order valence-corrected chi connectivity index (χ4v) is 2.71. The van der Waals surface area contributed by atoms with Gasteiger partial charge in [0.2, 0.25) is 5.75 Å². The molecular weight excluding hydrogens is 387 g/mol. The minimum atomic E-state index is -0.722. The maximum absolute atomic E-state index is 13.3. The predicted molar refractivity (Wildman–Crippen MR) is 87.5 cm³/mol. The zero-order valence-corrected chi connectivity index (χ0v) is 15.1. The molecule has 1 aromatic carbocycles. The largest absolute Gasteiger partial charge is 0.486 e. The first kappa shape index (κ1) is 18.4. The monoisotopic (exact) mass is 404 g/mol. The number of amides is 1. The highest BCUT2D eigenvalue weighted by atomic mass is 79.9. The Kier molecular flexibility index (Phi) is 5.32. The molecule has 0 unspecified atom stereocenters. The molecule has 0 aliphatic carbocycles. The van der Waals surface area contributed by atoms with E-state index in [2.05, 4.69) is 15.9 Å². The number of benzene rings is 1. The molecule has 0 bridgehead atoms. The van der Waals surface area contributed by atoms with E-state index in [0.29, 0.717) is 13.1 Å². The molecule has 2 rings (SSSR count). The van der Waals surface area contributed by atoms with Crippen molar-refractivity contribution in [3.05, 3.63) is 32.5 Å². The average molecular weight is 405 g/mol. The third-order valence-electron chi connectivity index (χ3n) is 3.26. The van der Waals surface area contributed by atoms with Crippen LogP contribution in [-0.4, -0.2) is 41.2 Å². The van der Waals surface area contributed by atoms with Gasteiger partial charge in [-0.25, -0.2) is 9.18 Å². The summed E-state index contributed by atoms with van der Waals surface area (Å²) < 4.78 is 24.2. The van der Waals surface area contributed by atoms with E-state index in [1.165, 1.54) is 4.90 Å². The Labute approximate surface area is 147 Å². The van der Waals surface area contributed by atoms with Gasteiger partial charge in [-0.15, -0.1) is 0 Å². The summed E-state index contributed by atoms with van der Waals surface area (Å²) >= 11 is 3.07. The van der Waals surface area contributed by atoms with Crippen LogP contribution in [0.25, 0.3) is 0 Å². The van der Waals surface area contributed by atoms with E-state index in [0.717, 1.165) is 12.1 Å². The van der Waals surface area contributed by atoms with Crippen LogP contribution in [0, 0.1) is 21.8 Å². The van der Waals surface area contributed by atoms with Gasteiger partial charge in [0.15, 0.2) is 0 Å². The second kappa shape index (κ2) is 6.92. The Morgan fingerprint density at radius 1 is 1.46 bits per heavy atom. The van der Waals surface area contributed by atoms with Gasteiger partial charge in [0, 0.05) is 19.0 Å². The molecule has 0 saturated carbocycles. The van der Waals surface area contributed by atoms with Gasteiger partial charge in [0.1, 0.15) is 11.4 Å². The van der Waals surface area contributed by atoms with Gasteiger partial charge in [-0.1, -0.05) is 0 Å². The first-order valence-electron chi connectivity index (χ1n) is 7.31. The van der Waals surface area contributed by atoms with Gasteiger partial charge < -0.3 is 14.4 Å². The number of carbonyl (C=O) groups excluding carboxylic acids is 1. The molecule has 1 fully saturated rings. The van der Waals surface area contributed by atoms with Crippen LogP contribution < -0.4 is 4.74 Å². The lowest BCUT2D eigenvalue weighted by molar-refractivity contribution is -0.386. The number of carbonyl (C=O) groups is 1. The van der Waals surface area contributed by atoms with Crippen LogP contribution in [0.3, 0.4) is 0 Å².